The molecule has 3 rings (SSSR count). The van der Waals surface area contributed by atoms with E-state index >= 15 is 0 Å². The maximum absolute atomic E-state index is 5.53. The zero-order valence-corrected chi connectivity index (χ0v) is 18.9. The molecule has 1 fully saturated rings. The summed E-state index contributed by atoms with van der Waals surface area (Å²) in [6.07, 6.45) is 0. The molecule has 27 heavy (non-hydrogen) atoms. The quantitative estimate of drug-likeness (QED) is 0.347. The number of halogens is 1. The third kappa shape index (κ3) is 7.06. The summed E-state index contributed by atoms with van der Waals surface area (Å²) >= 11 is 1.71. The second-order valence-electron chi connectivity index (χ2n) is 6.28. The lowest BCUT2D eigenvalue weighted by molar-refractivity contribution is 0.0170. The summed E-state index contributed by atoms with van der Waals surface area (Å²) in [7, 11) is 0. The molecule has 2 heterocycles. The Bertz CT molecular complexity index is 660. The normalized spacial score (nSPS) is 16.4. The molecule has 0 aliphatic carbocycles. The van der Waals surface area contributed by atoms with Crippen LogP contribution in [0.15, 0.2) is 52.2 Å². The predicted octanol–water partition coefficient (Wildman–Crippen LogP) is 3.49. The second-order valence-corrected chi connectivity index (χ2v) is 7.06. The van der Waals surface area contributed by atoms with Crippen molar-refractivity contribution in [3.05, 3.63) is 58.3 Å². The summed E-state index contributed by atoms with van der Waals surface area (Å²) < 4.78 is 5.53. The largest absolute Gasteiger partial charge is 0.379 e. The highest BCUT2D eigenvalue weighted by Crippen LogP contribution is 2.21. The number of thiophene rings is 1. The lowest BCUT2D eigenvalue weighted by atomic mass is 10.0. The highest BCUT2D eigenvalue weighted by atomic mass is 127. The molecular weight excluding hydrogens is 471 g/mol. The van der Waals surface area contributed by atoms with Gasteiger partial charge in [-0.05, 0) is 34.9 Å². The van der Waals surface area contributed by atoms with Gasteiger partial charge in [0.2, 0.25) is 0 Å². The molecule has 5 nitrogen and oxygen atoms in total. The van der Waals surface area contributed by atoms with Gasteiger partial charge < -0.3 is 15.4 Å². The van der Waals surface area contributed by atoms with Gasteiger partial charge in [0.15, 0.2) is 5.96 Å². The van der Waals surface area contributed by atoms with Gasteiger partial charge in [0.1, 0.15) is 0 Å². The molecule has 2 aromatic rings. The van der Waals surface area contributed by atoms with E-state index in [1.165, 1.54) is 11.1 Å². The van der Waals surface area contributed by atoms with Crippen LogP contribution >= 0.6 is 35.3 Å². The molecule has 1 aliphatic heterocycles. The fourth-order valence-electron chi connectivity index (χ4n) is 3.11. The van der Waals surface area contributed by atoms with E-state index in [-0.39, 0.29) is 24.0 Å². The first-order valence-corrected chi connectivity index (χ1v) is 10.2. The van der Waals surface area contributed by atoms with Gasteiger partial charge in [-0.25, -0.2) is 4.99 Å². The van der Waals surface area contributed by atoms with Gasteiger partial charge in [-0.15, -0.1) is 24.0 Å². The van der Waals surface area contributed by atoms with Crippen molar-refractivity contribution in [1.29, 1.82) is 0 Å². The van der Waals surface area contributed by atoms with E-state index < -0.39 is 0 Å². The molecule has 2 N–H and O–H groups in total. The second kappa shape index (κ2) is 12.3. The maximum atomic E-state index is 5.53. The smallest absolute Gasteiger partial charge is 0.191 e. The molecule has 1 aromatic carbocycles. The number of nitrogens with zero attached hydrogens (tertiary/aromatic N) is 2. The summed E-state index contributed by atoms with van der Waals surface area (Å²) in [5.41, 5.74) is 2.58. The first kappa shape index (κ1) is 22.1. The number of aliphatic imine (C=N–C) groups is 1. The third-order valence-corrected chi connectivity index (χ3v) is 5.21. The van der Waals surface area contributed by atoms with Crippen molar-refractivity contribution in [1.82, 2.24) is 15.5 Å². The van der Waals surface area contributed by atoms with Crippen LogP contribution in [-0.4, -0.2) is 50.3 Å². The molecule has 1 atom stereocenters. The standard InChI is InChI=1S/C20H28N4OS.HI/c1-2-21-20(22-14-17-8-13-26-16-17)23-15-19(18-6-4-3-5-7-18)24-9-11-25-12-10-24;/h3-8,13,16,19H,2,9-12,14-15H2,1H3,(H2,21,22,23);1H. The average molecular weight is 500 g/mol. The molecule has 0 radical (unpaired) electrons. The Morgan fingerprint density at radius 2 is 1.96 bits per heavy atom. The van der Waals surface area contributed by atoms with Crippen LogP contribution in [0.4, 0.5) is 0 Å². The minimum atomic E-state index is 0. The Kier molecular flexibility index (Phi) is 10.1. The summed E-state index contributed by atoms with van der Waals surface area (Å²) in [5.74, 6) is 0.868. The van der Waals surface area contributed by atoms with E-state index in [0.717, 1.165) is 45.4 Å². The predicted molar refractivity (Wildman–Crippen MR) is 124 cm³/mol. The minimum Gasteiger partial charge on any atom is -0.379 e. The lowest BCUT2D eigenvalue weighted by Crippen LogP contribution is -2.46. The fraction of sp³-hybridized carbons (Fsp3) is 0.450. The number of hydrogen-bond donors (Lipinski definition) is 2. The van der Waals surface area contributed by atoms with Crippen LogP contribution in [0.5, 0.6) is 0 Å². The number of hydrogen-bond acceptors (Lipinski definition) is 4. The number of nitrogens with one attached hydrogen (secondary N) is 2. The van der Waals surface area contributed by atoms with Crippen molar-refractivity contribution >= 4 is 41.3 Å². The van der Waals surface area contributed by atoms with Gasteiger partial charge >= 0.3 is 0 Å². The van der Waals surface area contributed by atoms with Crippen LogP contribution in [0.3, 0.4) is 0 Å². The summed E-state index contributed by atoms with van der Waals surface area (Å²) in [6.45, 7) is 7.99. The molecule has 0 amide bonds. The number of ether oxygens (including phenoxy) is 1. The third-order valence-electron chi connectivity index (χ3n) is 4.48. The Morgan fingerprint density at radius 3 is 2.63 bits per heavy atom. The van der Waals surface area contributed by atoms with Crippen LogP contribution < -0.4 is 10.6 Å². The molecule has 1 saturated heterocycles. The van der Waals surface area contributed by atoms with E-state index in [2.05, 4.69) is 69.6 Å². The van der Waals surface area contributed by atoms with Crippen LogP contribution in [0.25, 0.3) is 0 Å². The topological polar surface area (TPSA) is 48.9 Å². The SMILES string of the molecule is CCNC(=NCc1ccsc1)NCC(c1ccccc1)N1CCOCC1.I. The zero-order valence-electron chi connectivity index (χ0n) is 15.8. The van der Waals surface area contributed by atoms with Crippen LogP contribution in [-0.2, 0) is 11.3 Å². The van der Waals surface area contributed by atoms with E-state index in [1.54, 1.807) is 11.3 Å². The highest BCUT2D eigenvalue weighted by molar-refractivity contribution is 14.0. The summed E-state index contributed by atoms with van der Waals surface area (Å²) in [5, 5.41) is 11.1. The van der Waals surface area contributed by atoms with Crippen molar-refractivity contribution in [3.8, 4) is 0 Å². The monoisotopic (exact) mass is 500 g/mol. The summed E-state index contributed by atoms with van der Waals surface area (Å²) in [6, 6.07) is 13.1. The molecule has 7 heteroatoms. The maximum Gasteiger partial charge on any atom is 0.191 e. The first-order valence-electron chi connectivity index (χ1n) is 9.27. The van der Waals surface area contributed by atoms with Crippen LogP contribution in [0.2, 0.25) is 0 Å². The Hall–Kier alpha value is -1.16. The van der Waals surface area contributed by atoms with Crippen LogP contribution in [0.1, 0.15) is 24.1 Å². The molecule has 0 spiro atoms. The average Bonchev–Trinajstić information content (AvgIpc) is 3.21. The number of rotatable bonds is 7. The molecular formula is C20H29IN4OS. The molecule has 0 bridgehead atoms. The van der Waals surface area contributed by atoms with Gasteiger partial charge in [0.25, 0.3) is 0 Å². The fourth-order valence-corrected chi connectivity index (χ4v) is 3.77. The Labute approximate surface area is 183 Å². The van der Waals surface area contributed by atoms with Gasteiger partial charge in [0, 0.05) is 26.2 Å². The van der Waals surface area contributed by atoms with Crippen molar-refractivity contribution in [2.45, 2.75) is 19.5 Å². The van der Waals surface area contributed by atoms with Gasteiger partial charge in [-0.1, -0.05) is 30.3 Å². The van der Waals surface area contributed by atoms with E-state index in [0.29, 0.717) is 12.6 Å². The van der Waals surface area contributed by atoms with Crippen molar-refractivity contribution in [2.75, 3.05) is 39.4 Å². The Balaban J connectivity index is 0.00000261. The van der Waals surface area contributed by atoms with Crippen molar-refractivity contribution in [2.24, 2.45) is 4.99 Å². The number of morpholine rings is 1. The lowest BCUT2D eigenvalue weighted by Gasteiger charge is -2.35. The number of benzene rings is 1. The van der Waals surface area contributed by atoms with Crippen molar-refractivity contribution in [3.63, 3.8) is 0 Å². The molecule has 1 aliphatic rings. The minimum absolute atomic E-state index is 0. The zero-order chi connectivity index (χ0) is 18.0. The molecule has 148 valence electrons. The van der Waals surface area contributed by atoms with Gasteiger partial charge in [-0.2, -0.15) is 11.3 Å². The molecule has 1 aromatic heterocycles. The summed E-state index contributed by atoms with van der Waals surface area (Å²) in [4.78, 5) is 7.22. The van der Waals surface area contributed by atoms with Gasteiger partial charge in [0.05, 0.1) is 25.8 Å². The van der Waals surface area contributed by atoms with E-state index in [4.69, 9.17) is 9.73 Å². The highest BCUT2D eigenvalue weighted by Gasteiger charge is 2.22. The number of guanidine groups is 1. The van der Waals surface area contributed by atoms with E-state index in [9.17, 15) is 0 Å². The van der Waals surface area contributed by atoms with Crippen molar-refractivity contribution < 1.29 is 4.74 Å². The van der Waals surface area contributed by atoms with E-state index in [1.807, 2.05) is 0 Å². The Morgan fingerprint density at radius 1 is 1.19 bits per heavy atom. The van der Waals surface area contributed by atoms with Gasteiger partial charge in [-0.3, -0.25) is 4.90 Å². The first-order chi connectivity index (χ1) is 12.9. The molecule has 0 saturated carbocycles. The molecule has 1 unspecified atom stereocenters. The van der Waals surface area contributed by atoms with Crippen LogP contribution in [0, 0.1) is 0 Å².